The van der Waals surface area contributed by atoms with E-state index in [4.69, 9.17) is 0 Å². The molecule has 3 rings (SSSR count). The van der Waals surface area contributed by atoms with Crippen LogP contribution in [0.3, 0.4) is 0 Å². The molecular weight excluding hydrogens is 356 g/mol. The van der Waals surface area contributed by atoms with Gasteiger partial charge in [0, 0.05) is 29.9 Å². The highest BCUT2D eigenvalue weighted by Gasteiger charge is 2.40. The van der Waals surface area contributed by atoms with E-state index in [1.165, 1.54) is 55.4 Å². The Morgan fingerprint density at radius 2 is 1.96 bits per heavy atom. The van der Waals surface area contributed by atoms with Crippen molar-refractivity contribution in [1.29, 1.82) is 0 Å². The second-order valence-electron chi connectivity index (χ2n) is 7.36. The average Bonchev–Trinajstić information content (AvgIpc) is 3.31. The first-order chi connectivity index (χ1) is 12.7. The van der Waals surface area contributed by atoms with Gasteiger partial charge in [-0.1, -0.05) is 51.0 Å². The summed E-state index contributed by atoms with van der Waals surface area (Å²) >= 11 is 4.45. The second kappa shape index (κ2) is 9.89. The number of aryl methyl sites for hydroxylation is 2. The Kier molecular flexibility index (Phi) is 7.56. The smallest absolute Gasteiger partial charge is 0.0946 e. The fraction of sp³-hybridized carbons (Fsp3) is 0.591. The fourth-order valence-corrected chi connectivity index (χ4v) is 7.57. The standard InChI is InChI=1S/C22H32N2S2/c1-3-5-8-21-16-25-22(26-21,17-24-15-14-23-18-24)13-6-7-20-11-9-19(4-2)10-12-20/h9-12,14-15,18,21H,3-8,13,16-17H2,1-2H3. The highest BCUT2D eigenvalue weighted by Crippen LogP contribution is 2.53. The molecule has 2 unspecified atom stereocenters. The van der Waals surface area contributed by atoms with Crippen LogP contribution in [0.25, 0.3) is 0 Å². The molecule has 1 fully saturated rings. The molecule has 0 N–H and O–H groups in total. The van der Waals surface area contributed by atoms with Gasteiger partial charge in [-0.3, -0.25) is 0 Å². The number of rotatable bonds is 10. The van der Waals surface area contributed by atoms with Gasteiger partial charge in [0.15, 0.2) is 0 Å². The van der Waals surface area contributed by atoms with Crippen molar-refractivity contribution in [2.24, 2.45) is 0 Å². The van der Waals surface area contributed by atoms with Crippen LogP contribution in [0, 0.1) is 0 Å². The third-order valence-corrected chi connectivity index (χ3v) is 9.01. The number of benzene rings is 1. The van der Waals surface area contributed by atoms with Crippen LogP contribution >= 0.6 is 23.5 Å². The van der Waals surface area contributed by atoms with Crippen LogP contribution in [0.2, 0.25) is 0 Å². The highest BCUT2D eigenvalue weighted by molar-refractivity contribution is 8.21. The number of thioether (sulfide) groups is 2. The predicted molar refractivity (Wildman–Crippen MR) is 117 cm³/mol. The van der Waals surface area contributed by atoms with Gasteiger partial charge in [-0.15, -0.1) is 23.5 Å². The maximum absolute atomic E-state index is 4.25. The molecule has 0 saturated carbocycles. The van der Waals surface area contributed by atoms with Gasteiger partial charge in [0.05, 0.1) is 10.4 Å². The highest BCUT2D eigenvalue weighted by atomic mass is 32.2. The van der Waals surface area contributed by atoms with Gasteiger partial charge >= 0.3 is 0 Å². The molecule has 2 heterocycles. The molecule has 2 aromatic rings. The van der Waals surface area contributed by atoms with E-state index in [-0.39, 0.29) is 0 Å². The molecule has 2 nitrogen and oxygen atoms in total. The minimum absolute atomic E-state index is 0.322. The summed E-state index contributed by atoms with van der Waals surface area (Å²) in [7, 11) is 0. The zero-order chi connectivity index (χ0) is 18.2. The molecule has 1 aliphatic rings. The van der Waals surface area contributed by atoms with Crippen LogP contribution in [0.1, 0.15) is 57.1 Å². The molecule has 1 saturated heterocycles. The lowest BCUT2D eigenvalue weighted by molar-refractivity contribution is 0.571. The van der Waals surface area contributed by atoms with E-state index in [0.29, 0.717) is 4.08 Å². The van der Waals surface area contributed by atoms with E-state index < -0.39 is 0 Å². The van der Waals surface area contributed by atoms with Crippen molar-refractivity contribution in [3.05, 3.63) is 54.1 Å². The Bertz CT molecular complexity index is 639. The second-order valence-corrected chi connectivity index (χ2v) is 10.7. The van der Waals surface area contributed by atoms with E-state index >= 15 is 0 Å². The molecule has 26 heavy (non-hydrogen) atoms. The average molecular weight is 389 g/mol. The molecular formula is C22H32N2S2. The SMILES string of the molecule is CCCCC1CSC(CCCc2ccc(CC)cc2)(Cn2ccnc2)S1. The summed E-state index contributed by atoms with van der Waals surface area (Å²) in [6, 6.07) is 9.22. The van der Waals surface area contributed by atoms with Crippen molar-refractivity contribution in [2.45, 2.75) is 74.7 Å². The van der Waals surface area contributed by atoms with Gasteiger partial charge in [0.2, 0.25) is 0 Å². The Morgan fingerprint density at radius 3 is 2.65 bits per heavy atom. The summed E-state index contributed by atoms with van der Waals surface area (Å²) in [4.78, 5) is 4.25. The molecule has 2 atom stereocenters. The van der Waals surface area contributed by atoms with Gasteiger partial charge in [0.1, 0.15) is 0 Å². The number of nitrogens with zero attached hydrogens (tertiary/aromatic N) is 2. The van der Waals surface area contributed by atoms with Gasteiger partial charge in [-0.25, -0.2) is 4.98 Å². The molecule has 1 aromatic carbocycles. The van der Waals surface area contributed by atoms with Crippen LogP contribution < -0.4 is 0 Å². The molecule has 142 valence electrons. The van der Waals surface area contributed by atoms with E-state index in [0.717, 1.165) is 18.2 Å². The van der Waals surface area contributed by atoms with E-state index in [1.54, 1.807) is 0 Å². The maximum Gasteiger partial charge on any atom is 0.0946 e. The number of hydrogen-bond donors (Lipinski definition) is 0. The van der Waals surface area contributed by atoms with Crippen molar-refractivity contribution in [1.82, 2.24) is 9.55 Å². The lowest BCUT2D eigenvalue weighted by atomic mass is 10.0. The number of unbranched alkanes of at least 4 members (excludes halogenated alkanes) is 1. The van der Waals surface area contributed by atoms with Crippen LogP contribution in [0.4, 0.5) is 0 Å². The van der Waals surface area contributed by atoms with Gasteiger partial charge in [-0.2, -0.15) is 0 Å². The first kappa shape index (κ1) is 19.9. The van der Waals surface area contributed by atoms with Crippen LogP contribution in [-0.4, -0.2) is 24.6 Å². The number of hydrogen-bond acceptors (Lipinski definition) is 3. The summed E-state index contributed by atoms with van der Waals surface area (Å²) in [5.74, 6) is 1.31. The minimum Gasteiger partial charge on any atom is -0.335 e. The van der Waals surface area contributed by atoms with E-state index in [2.05, 4.69) is 77.4 Å². The fourth-order valence-electron chi connectivity index (χ4n) is 3.65. The maximum atomic E-state index is 4.25. The lowest BCUT2D eigenvalue weighted by Gasteiger charge is -2.28. The zero-order valence-electron chi connectivity index (χ0n) is 16.2. The van der Waals surface area contributed by atoms with Crippen molar-refractivity contribution in [3.63, 3.8) is 0 Å². The van der Waals surface area contributed by atoms with Gasteiger partial charge < -0.3 is 4.57 Å². The monoisotopic (exact) mass is 388 g/mol. The predicted octanol–water partition coefficient (Wildman–Crippen LogP) is 6.20. The normalized spacial score (nSPS) is 22.8. The molecule has 4 heteroatoms. The molecule has 0 spiro atoms. The van der Waals surface area contributed by atoms with Crippen LogP contribution in [0.5, 0.6) is 0 Å². The molecule has 0 bridgehead atoms. The zero-order valence-corrected chi connectivity index (χ0v) is 17.8. The summed E-state index contributed by atoms with van der Waals surface area (Å²) in [6.07, 6.45) is 14.9. The third kappa shape index (κ3) is 5.56. The Hall–Kier alpha value is -0.870. The third-order valence-electron chi connectivity index (χ3n) is 5.23. The Balaban J connectivity index is 1.58. The Labute approximate surface area is 167 Å². The topological polar surface area (TPSA) is 17.8 Å². The first-order valence-electron chi connectivity index (χ1n) is 10.1. The first-order valence-corrected chi connectivity index (χ1v) is 11.9. The van der Waals surface area contributed by atoms with Crippen LogP contribution in [-0.2, 0) is 19.4 Å². The molecule has 0 amide bonds. The Morgan fingerprint density at radius 1 is 1.15 bits per heavy atom. The molecule has 0 radical (unpaired) electrons. The van der Waals surface area contributed by atoms with Gasteiger partial charge in [0.25, 0.3) is 0 Å². The number of imidazole rings is 1. The summed E-state index contributed by atoms with van der Waals surface area (Å²) < 4.78 is 2.60. The molecule has 1 aliphatic heterocycles. The van der Waals surface area contributed by atoms with Crippen molar-refractivity contribution in [3.8, 4) is 0 Å². The van der Waals surface area contributed by atoms with Crippen molar-refractivity contribution >= 4 is 23.5 Å². The lowest BCUT2D eigenvalue weighted by Crippen LogP contribution is -2.25. The summed E-state index contributed by atoms with van der Waals surface area (Å²) in [5.41, 5.74) is 2.92. The number of aromatic nitrogens is 2. The molecule has 1 aromatic heterocycles. The van der Waals surface area contributed by atoms with Gasteiger partial charge in [-0.05, 0) is 43.2 Å². The largest absolute Gasteiger partial charge is 0.335 e. The summed E-state index contributed by atoms with van der Waals surface area (Å²) in [6.45, 7) is 5.60. The quantitative estimate of drug-likeness (QED) is 0.482. The summed E-state index contributed by atoms with van der Waals surface area (Å²) in [5, 5.41) is 0.826. The van der Waals surface area contributed by atoms with Crippen molar-refractivity contribution in [2.75, 3.05) is 5.75 Å². The minimum atomic E-state index is 0.322. The molecule has 0 aliphatic carbocycles. The van der Waals surface area contributed by atoms with E-state index in [9.17, 15) is 0 Å². The van der Waals surface area contributed by atoms with Crippen molar-refractivity contribution < 1.29 is 0 Å². The van der Waals surface area contributed by atoms with E-state index in [1.807, 2.05) is 12.5 Å². The van der Waals surface area contributed by atoms with Crippen LogP contribution in [0.15, 0.2) is 43.0 Å².